The number of halogens is 3. The first-order valence-electron chi connectivity index (χ1n) is 4.66. The molecule has 7 heteroatoms. The van der Waals surface area contributed by atoms with Crippen molar-refractivity contribution in [2.24, 2.45) is 0 Å². The van der Waals surface area contributed by atoms with E-state index >= 15 is 0 Å². The standard InChI is InChI=1S/C6H14N2.C2HF3O2/c7-6-3-1-2-4-8-5-6;3-2(4,5)1(6)7/h6,8H,1-5,7H2;(H,6,7). The Morgan fingerprint density at radius 3 is 2.40 bits per heavy atom. The van der Waals surface area contributed by atoms with E-state index in [1.165, 1.54) is 25.8 Å². The Balaban J connectivity index is 0.000000265. The average molecular weight is 228 g/mol. The Morgan fingerprint density at radius 2 is 1.93 bits per heavy atom. The molecule has 0 radical (unpaired) electrons. The maximum absolute atomic E-state index is 10.5. The summed E-state index contributed by atoms with van der Waals surface area (Å²) in [5.74, 6) is -3.01. The van der Waals surface area contributed by atoms with E-state index in [0.717, 1.165) is 6.54 Å². The van der Waals surface area contributed by atoms with Crippen molar-refractivity contribution in [1.82, 2.24) is 5.32 Å². The van der Waals surface area contributed by atoms with Gasteiger partial charge in [0.1, 0.15) is 5.97 Å². The highest BCUT2D eigenvalue weighted by Gasteiger charge is 2.28. The minimum absolute atomic E-state index is 0.664. The molecule has 1 saturated heterocycles. The second-order valence-electron chi connectivity index (χ2n) is 3.35. The predicted molar refractivity (Wildman–Crippen MR) is 44.5 cm³/mol. The van der Waals surface area contributed by atoms with E-state index in [1.54, 1.807) is 0 Å². The van der Waals surface area contributed by atoms with E-state index in [9.17, 15) is 13.2 Å². The molecule has 15 heavy (non-hydrogen) atoms. The van der Waals surface area contributed by atoms with Crippen LogP contribution in [0.25, 0.3) is 0 Å². The van der Waals surface area contributed by atoms with Gasteiger partial charge < -0.3 is 21.0 Å². The van der Waals surface area contributed by atoms with Crippen LogP contribution in [-0.2, 0) is 4.79 Å². The Morgan fingerprint density at radius 1 is 1.40 bits per heavy atom. The van der Waals surface area contributed by atoms with E-state index in [1.807, 2.05) is 0 Å². The summed E-state index contributed by atoms with van der Waals surface area (Å²) >= 11 is 0. The smallest absolute Gasteiger partial charge is 0.430 e. The molecule has 90 valence electrons. The van der Waals surface area contributed by atoms with Gasteiger partial charge in [0.2, 0.25) is 0 Å². The fourth-order valence-corrected chi connectivity index (χ4v) is 1.09. The molecule has 1 aliphatic rings. The Labute approximate surface area is 85.6 Å². The molecule has 0 spiro atoms. The van der Waals surface area contributed by atoms with Gasteiger partial charge >= 0.3 is 6.18 Å². The molecular formula is C8H15F3N2O2. The Bertz CT molecular complexity index is 189. The van der Waals surface area contributed by atoms with Crippen LogP contribution in [0.1, 0.15) is 19.3 Å². The lowest BCUT2D eigenvalue weighted by Crippen LogP contribution is -2.64. The van der Waals surface area contributed by atoms with Crippen molar-refractivity contribution in [3.8, 4) is 0 Å². The van der Waals surface area contributed by atoms with Crippen molar-refractivity contribution in [3.05, 3.63) is 0 Å². The van der Waals surface area contributed by atoms with Crippen molar-refractivity contribution < 1.29 is 28.8 Å². The van der Waals surface area contributed by atoms with Crippen LogP contribution >= 0.6 is 0 Å². The largest absolute Gasteiger partial charge is 0.542 e. The van der Waals surface area contributed by atoms with Gasteiger partial charge in [-0.3, -0.25) is 0 Å². The van der Waals surface area contributed by atoms with Gasteiger partial charge in [-0.05, 0) is 19.4 Å². The number of hydrogen-bond acceptors (Lipinski definition) is 3. The molecule has 1 atom stereocenters. The third-order valence-corrected chi connectivity index (χ3v) is 1.88. The number of nitrogens with one attached hydrogen (secondary N) is 1. The SMILES string of the molecule is O=C([O-])C(F)(F)F.[NH3+]C1CCCCNC1. The molecule has 1 rings (SSSR count). The van der Waals surface area contributed by atoms with Gasteiger partial charge in [-0.1, -0.05) is 0 Å². The number of aliphatic carboxylic acids is 1. The molecule has 4 N–H and O–H groups in total. The Hall–Kier alpha value is -0.820. The number of carboxylic acid groups (broad SMARTS) is 1. The van der Waals surface area contributed by atoms with Crippen LogP contribution in [0.15, 0.2) is 0 Å². The maximum Gasteiger partial charge on any atom is 0.430 e. The summed E-state index contributed by atoms with van der Waals surface area (Å²) < 4.78 is 31.5. The Kier molecular flexibility index (Phi) is 6.26. The van der Waals surface area contributed by atoms with Crippen molar-refractivity contribution >= 4 is 5.97 Å². The highest BCUT2D eigenvalue weighted by molar-refractivity contribution is 5.70. The lowest BCUT2D eigenvalue weighted by atomic mass is 10.2. The summed E-state index contributed by atoms with van der Waals surface area (Å²) in [6.45, 7) is 2.33. The monoisotopic (exact) mass is 228 g/mol. The molecular weight excluding hydrogens is 213 g/mol. The zero-order chi connectivity index (χ0) is 11.9. The first kappa shape index (κ1) is 14.2. The average Bonchev–Trinajstić information content (AvgIpc) is 2.32. The zero-order valence-corrected chi connectivity index (χ0v) is 8.27. The van der Waals surface area contributed by atoms with Gasteiger partial charge in [0.15, 0.2) is 0 Å². The van der Waals surface area contributed by atoms with Gasteiger partial charge in [0.25, 0.3) is 0 Å². The minimum Gasteiger partial charge on any atom is -0.542 e. The molecule has 1 heterocycles. The fraction of sp³-hybridized carbons (Fsp3) is 0.875. The number of carbonyl (C=O) groups excluding carboxylic acids is 1. The molecule has 0 saturated carbocycles. The molecule has 4 nitrogen and oxygen atoms in total. The number of carboxylic acids is 1. The van der Waals surface area contributed by atoms with Gasteiger partial charge in [-0.2, -0.15) is 13.2 Å². The van der Waals surface area contributed by atoms with Gasteiger partial charge in [-0.15, -0.1) is 0 Å². The van der Waals surface area contributed by atoms with E-state index in [4.69, 9.17) is 9.90 Å². The van der Waals surface area contributed by atoms with E-state index in [-0.39, 0.29) is 0 Å². The summed E-state index contributed by atoms with van der Waals surface area (Å²) in [7, 11) is 0. The van der Waals surface area contributed by atoms with E-state index in [2.05, 4.69) is 11.1 Å². The highest BCUT2D eigenvalue weighted by Crippen LogP contribution is 2.11. The number of quaternary nitrogens is 1. The van der Waals surface area contributed by atoms with Crippen LogP contribution in [0.5, 0.6) is 0 Å². The number of rotatable bonds is 0. The second kappa shape index (κ2) is 6.62. The minimum atomic E-state index is -5.19. The molecule has 0 bridgehead atoms. The topological polar surface area (TPSA) is 79.8 Å². The third kappa shape index (κ3) is 8.19. The van der Waals surface area contributed by atoms with Gasteiger partial charge in [-0.25, -0.2) is 0 Å². The summed E-state index contributed by atoms with van der Waals surface area (Å²) in [6, 6.07) is 0.664. The molecule has 0 amide bonds. The summed E-state index contributed by atoms with van der Waals surface area (Å²) in [4.78, 5) is 8.78. The lowest BCUT2D eigenvalue weighted by molar-refractivity contribution is -0.418. The summed E-state index contributed by atoms with van der Waals surface area (Å²) in [6.07, 6.45) is -1.18. The lowest BCUT2D eigenvalue weighted by Gasteiger charge is -2.03. The molecule has 0 aromatic rings. The molecule has 1 fully saturated rings. The second-order valence-corrected chi connectivity index (χ2v) is 3.35. The quantitative estimate of drug-likeness (QED) is 0.539. The van der Waals surface area contributed by atoms with Crippen molar-refractivity contribution in [3.63, 3.8) is 0 Å². The zero-order valence-electron chi connectivity index (χ0n) is 8.27. The fourth-order valence-electron chi connectivity index (χ4n) is 1.09. The van der Waals surface area contributed by atoms with Crippen molar-refractivity contribution in [2.75, 3.05) is 13.1 Å². The first-order valence-corrected chi connectivity index (χ1v) is 4.66. The number of alkyl halides is 3. The first-order chi connectivity index (χ1) is 6.84. The van der Waals surface area contributed by atoms with E-state index < -0.39 is 12.1 Å². The normalized spacial score (nSPS) is 22.3. The van der Waals surface area contributed by atoms with Crippen molar-refractivity contribution in [1.29, 1.82) is 0 Å². The molecule has 0 aromatic heterocycles. The molecule has 1 aliphatic heterocycles. The summed E-state index contributed by atoms with van der Waals surface area (Å²) in [5.41, 5.74) is 4.00. The van der Waals surface area contributed by atoms with Crippen molar-refractivity contribution in [2.45, 2.75) is 31.5 Å². The van der Waals surface area contributed by atoms with Crippen LogP contribution in [0.3, 0.4) is 0 Å². The molecule has 0 aromatic carbocycles. The van der Waals surface area contributed by atoms with Crippen LogP contribution in [0.2, 0.25) is 0 Å². The summed E-state index contributed by atoms with van der Waals surface area (Å²) in [5, 5.41) is 12.1. The van der Waals surface area contributed by atoms with Crippen LogP contribution < -0.4 is 16.2 Å². The molecule has 0 aliphatic carbocycles. The predicted octanol–water partition coefficient (Wildman–Crippen LogP) is -1.33. The van der Waals surface area contributed by atoms with Gasteiger partial charge in [0.05, 0.1) is 6.04 Å². The van der Waals surface area contributed by atoms with Crippen LogP contribution in [0.4, 0.5) is 13.2 Å². The van der Waals surface area contributed by atoms with E-state index in [0.29, 0.717) is 6.04 Å². The van der Waals surface area contributed by atoms with Crippen LogP contribution in [-0.4, -0.2) is 31.3 Å². The number of hydrogen-bond donors (Lipinski definition) is 2. The van der Waals surface area contributed by atoms with Gasteiger partial charge in [0, 0.05) is 13.0 Å². The third-order valence-electron chi connectivity index (χ3n) is 1.88. The maximum atomic E-state index is 10.5. The molecule has 1 unspecified atom stereocenters. The highest BCUT2D eigenvalue weighted by atomic mass is 19.4. The van der Waals surface area contributed by atoms with Crippen LogP contribution in [0, 0.1) is 0 Å². The number of carbonyl (C=O) groups is 1.